The maximum atomic E-state index is 6.21. The van der Waals surface area contributed by atoms with Crippen LogP contribution in [-0.2, 0) is 20.3 Å². The van der Waals surface area contributed by atoms with Gasteiger partial charge in [-0.3, -0.25) is 4.68 Å². The predicted molar refractivity (Wildman–Crippen MR) is 133 cm³/mol. The number of hydrogen-bond donors (Lipinski definition) is 0. The van der Waals surface area contributed by atoms with E-state index in [0.29, 0.717) is 25.0 Å². The van der Waals surface area contributed by atoms with E-state index in [4.69, 9.17) is 19.6 Å². The number of halogens is 1. The van der Waals surface area contributed by atoms with Gasteiger partial charge in [-0.1, -0.05) is 72.8 Å². The van der Waals surface area contributed by atoms with E-state index >= 15 is 0 Å². The Bertz CT molecular complexity index is 1390. The number of rotatable bonds is 7. The Morgan fingerprint density at radius 2 is 1.42 bits per heavy atom. The minimum Gasteiger partial charge on any atom is -0.473 e. The largest absolute Gasteiger partial charge is 0.473 e. The van der Waals surface area contributed by atoms with Gasteiger partial charge in [-0.2, -0.15) is 10.1 Å². The van der Waals surface area contributed by atoms with E-state index in [1.54, 1.807) is 0 Å². The summed E-state index contributed by atoms with van der Waals surface area (Å²) in [6.45, 7) is 0.836. The van der Waals surface area contributed by atoms with Gasteiger partial charge in [-0.05, 0) is 39.2 Å². The van der Waals surface area contributed by atoms with E-state index < -0.39 is 0 Å². The number of benzene rings is 3. The minimum absolute atomic E-state index is 0.400. The van der Waals surface area contributed by atoms with Crippen molar-refractivity contribution in [3.05, 3.63) is 107 Å². The SMILES string of the molecule is Cn1nc(-c2ccc(OCc3ccccc3)nc2OCc2ccccc2)c2cccc(Br)c21. The highest BCUT2D eigenvalue weighted by Gasteiger charge is 2.18. The molecule has 0 amide bonds. The van der Waals surface area contributed by atoms with E-state index in [0.717, 1.165) is 37.8 Å². The number of pyridine rings is 1. The minimum atomic E-state index is 0.400. The number of fused-ring (bicyclic) bond motifs is 1. The van der Waals surface area contributed by atoms with Crippen molar-refractivity contribution in [3.63, 3.8) is 0 Å². The van der Waals surface area contributed by atoms with Crippen LogP contribution in [0.2, 0.25) is 0 Å². The van der Waals surface area contributed by atoms with E-state index in [2.05, 4.69) is 22.0 Å². The van der Waals surface area contributed by atoms with Gasteiger partial charge in [-0.25, -0.2) is 0 Å². The lowest BCUT2D eigenvalue weighted by Crippen LogP contribution is -2.02. The summed E-state index contributed by atoms with van der Waals surface area (Å²) in [5.74, 6) is 0.997. The zero-order chi connectivity index (χ0) is 22.6. The molecule has 0 unspecified atom stereocenters. The molecule has 6 heteroatoms. The first-order valence-corrected chi connectivity index (χ1v) is 11.4. The molecule has 0 radical (unpaired) electrons. The molecule has 164 valence electrons. The molecular weight excluding hydrogens is 478 g/mol. The standard InChI is InChI=1S/C27H22BrN3O2/c1-31-26-21(13-8-14-23(26)28)25(30-31)22-15-16-24(32-17-19-9-4-2-5-10-19)29-27(22)33-18-20-11-6-3-7-12-20/h2-16H,17-18H2,1H3. The number of para-hydroxylation sites is 1. The summed E-state index contributed by atoms with van der Waals surface area (Å²) in [5.41, 5.74) is 4.80. The van der Waals surface area contributed by atoms with Crippen molar-refractivity contribution in [2.75, 3.05) is 0 Å². The highest BCUT2D eigenvalue weighted by atomic mass is 79.9. The quantitative estimate of drug-likeness (QED) is 0.254. The van der Waals surface area contributed by atoms with Gasteiger partial charge in [0.2, 0.25) is 11.8 Å². The maximum Gasteiger partial charge on any atom is 0.226 e. The lowest BCUT2D eigenvalue weighted by atomic mass is 10.1. The van der Waals surface area contributed by atoms with Crippen molar-refractivity contribution in [3.8, 4) is 23.0 Å². The van der Waals surface area contributed by atoms with E-state index in [9.17, 15) is 0 Å². The van der Waals surface area contributed by atoms with Crippen LogP contribution in [0, 0.1) is 0 Å². The highest BCUT2D eigenvalue weighted by molar-refractivity contribution is 9.10. The molecule has 2 aromatic heterocycles. The molecule has 5 aromatic rings. The van der Waals surface area contributed by atoms with Crippen molar-refractivity contribution in [2.24, 2.45) is 7.05 Å². The molecule has 5 rings (SSSR count). The van der Waals surface area contributed by atoms with Crippen LogP contribution in [-0.4, -0.2) is 14.8 Å². The van der Waals surface area contributed by atoms with E-state index in [-0.39, 0.29) is 0 Å². The first kappa shape index (κ1) is 21.2. The summed E-state index contributed by atoms with van der Waals surface area (Å²) < 4.78 is 15.0. The van der Waals surface area contributed by atoms with E-state index in [1.807, 2.05) is 96.7 Å². The molecule has 33 heavy (non-hydrogen) atoms. The monoisotopic (exact) mass is 499 g/mol. The molecule has 3 aromatic carbocycles. The molecular formula is C27H22BrN3O2. The molecule has 0 fully saturated rings. The lowest BCUT2D eigenvalue weighted by Gasteiger charge is -2.12. The molecule has 2 heterocycles. The molecule has 0 atom stereocenters. The molecule has 0 N–H and O–H groups in total. The fourth-order valence-corrected chi connectivity index (χ4v) is 4.36. The predicted octanol–water partition coefficient (Wildman–Crippen LogP) is 6.56. The average molecular weight is 500 g/mol. The molecule has 0 spiro atoms. The van der Waals surface area contributed by atoms with Gasteiger partial charge in [0.1, 0.15) is 18.9 Å². The van der Waals surface area contributed by atoms with Gasteiger partial charge in [0, 0.05) is 23.0 Å². The van der Waals surface area contributed by atoms with Gasteiger partial charge < -0.3 is 9.47 Å². The molecule has 0 saturated heterocycles. The third-order valence-corrected chi connectivity index (χ3v) is 5.99. The fourth-order valence-electron chi connectivity index (χ4n) is 3.74. The highest BCUT2D eigenvalue weighted by Crippen LogP contribution is 2.37. The number of nitrogens with zero attached hydrogens (tertiary/aromatic N) is 3. The Hall–Kier alpha value is -3.64. The van der Waals surface area contributed by atoms with Gasteiger partial charge >= 0.3 is 0 Å². The van der Waals surface area contributed by atoms with Gasteiger partial charge in [-0.15, -0.1) is 0 Å². The first-order valence-electron chi connectivity index (χ1n) is 10.6. The third kappa shape index (κ3) is 4.61. The smallest absolute Gasteiger partial charge is 0.226 e. The first-order chi connectivity index (χ1) is 16.2. The Morgan fingerprint density at radius 3 is 2.12 bits per heavy atom. The average Bonchev–Trinajstić information content (AvgIpc) is 3.20. The van der Waals surface area contributed by atoms with Crippen LogP contribution in [0.3, 0.4) is 0 Å². The normalized spacial score (nSPS) is 11.0. The van der Waals surface area contributed by atoms with Gasteiger partial charge in [0.25, 0.3) is 0 Å². The van der Waals surface area contributed by atoms with Gasteiger partial charge in [0.15, 0.2) is 0 Å². The number of aromatic nitrogens is 3. The van der Waals surface area contributed by atoms with Crippen LogP contribution < -0.4 is 9.47 Å². The molecule has 0 aliphatic carbocycles. The van der Waals surface area contributed by atoms with Crippen molar-refractivity contribution < 1.29 is 9.47 Å². The Morgan fingerprint density at radius 1 is 0.758 bits per heavy atom. The Labute approximate surface area is 200 Å². The van der Waals surface area contributed by atoms with Crippen LogP contribution in [0.4, 0.5) is 0 Å². The molecule has 0 aliphatic heterocycles. The topological polar surface area (TPSA) is 49.2 Å². The van der Waals surface area contributed by atoms with Crippen LogP contribution in [0.15, 0.2) is 95.5 Å². The number of ether oxygens (including phenoxy) is 2. The second-order valence-corrected chi connectivity index (χ2v) is 8.51. The molecule has 0 saturated carbocycles. The van der Waals surface area contributed by atoms with Crippen molar-refractivity contribution in [1.29, 1.82) is 0 Å². The molecule has 5 nitrogen and oxygen atoms in total. The van der Waals surface area contributed by atoms with Crippen molar-refractivity contribution in [1.82, 2.24) is 14.8 Å². The zero-order valence-electron chi connectivity index (χ0n) is 18.1. The van der Waals surface area contributed by atoms with Crippen LogP contribution >= 0.6 is 15.9 Å². The summed E-state index contributed by atoms with van der Waals surface area (Å²) in [6.07, 6.45) is 0. The third-order valence-electron chi connectivity index (χ3n) is 5.35. The Balaban J connectivity index is 1.51. The van der Waals surface area contributed by atoms with Crippen LogP contribution in [0.1, 0.15) is 11.1 Å². The van der Waals surface area contributed by atoms with Crippen molar-refractivity contribution >= 4 is 26.8 Å². The molecule has 0 aliphatic rings. The van der Waals surface area contributed by atoms with Crippen LogP contribution in [0.25, 0.3) is 22.2 Å². The number of aryl methyl sites for hydroxylation is 1. The maximum absolute atomic E-state index is 6.21. The molecule has 0 bridgehead atoms. The van der Waals surface area contributed by atoms with Crippen LogP contribution in [0.5, 0.6) is 11.8 Å². The van der Waals surface area contributed by atoms with Crippen molar-refractivity contribution in [2.45, 2.75) is 13.2 Å². The summed E-state index contributed by atoms with van der Waals surface area (Å²) in [4.78, 5) is 4.71. The number of hydrogen-bond acceptors (Lipinski definition) is 4. The second-order valence-electron chi connectivity index (χ2n) is 7.66. The Kier molecular flexibility index (Phi) is 6.09. The summed E-state index contributed by atoms with van der Waals surface area (Å²) in [5, 5.41) is 5.81. The van der Waals surface area contributed by atoms with Gasteiger partial charge in [0.05, 0.1) is 11.1 Å². The zero-order valence-corrected chi connectivity index (χ0v) is 19.7. The lowest BCUT2D eigenvalue weighted by molar-refractivity contribution is 0.268. The fraction of sp³-hybridized carbons (Fsp3) is 0.111. The summed E-state index contributed by atoms with van der Waals surface area (Å²) in [6, 6.07) is 30.0. The summed E-state index contributed by atoms with van der Waals surface area (Å²) in [7, 11) is 1.94. The summed E-state index contributed by atoms with van der Waals surface area (Å²) >= 11 is 3.64. The second kappa shape index (κ2) is 9.46. The van der Waals surface area contributed by atoms with E-state index in [1.165, 1.54) is 0 Å².